The molecule has 0 fully saturated rings. The lowest BCUT2D eigenvalue weighted by Crippen LogP contribution is -2.24. The van der Waals surface area contributed by atoms with Gasteiger partial charge in [-0.25, -0.2) is 0 Å². The highest BCUT2D eigenvalue weighted by atomic mass is 35.5. The van der Waals surface area contributed by atoms with E-state index in [1.54, 1.807) is 12.1 Å². The molecule has 0 aromatic heterocycles. The minimum atomic E-state index is -0.0796. The Balaban J connectivity index is 2.49. The quantitative estimate of drug-likeness (QED) is 0.474. The van der Waals surface area contributed by atoms with Crippen molar-refractivity contribution in [3.05, 3.63) is 35.4 Å². The average molecular weight is 236 g/mol. The lowest BCUT2D eigenvalue weighted by Gasteiger charge is -2.04. The van der Waals surface area contributed by atoms with Gasteiger partial charge in [-0.05, 0) is 24.1 Å². The van der Waals surface area contributed by atoms with E-state index in [2.05, 4.69) is 11.2 Å². The summed E-state index contributed by atoms with van der Waals surface area (Å²) in [5.74, 6) is 2.87. The Labute approximate surface area is 101 Å². The van der Waals surface area contributed by atoms with Crippen molar-refractivity contribution in [1.82, 2.24) is 5.32 Å². The van der Waals surface area contributed by atoms with Gasteiger partial charge in [0.2, 0.25) is 0 Å². The van der Waals surface area contributed by atoms with E-state index in [-0.39, 0.29) is 5.91 Å². The number of nitrogens with one attached hydrogen (secondary N) is 1. The summed E-state index contributed by atoms with van der Waals surface area (Å²) in [6.07, 6.45) is 6.60. The van der Waals surface area contributed by atoms with Gasteiger partial charge in [0.25, 0.3) is 5.91 Å². The van der Waals surface area contributed by atoms with Crippen molar-refractivity contribution in [2.24, 2.45) is 0 Å². The lowest BCUT2D eigenvalue weighted by molar-refractivity contribution is 0.0953. The van der Waals surface area contributed by atoms with Gasteiger partial charge >= 0.3 is 0 Å². The van der Waals surface area contributed by atoms with E-state index in [1.807, 2.05) is 12.1 Å². The van der Waals surface area contributed by atoms with Gasteiger partial charge in [-0.15, -0.1) is 23.9 Å². The van der Waals surface area contributed by atoms with E-state index in [4.69, 9.17) is 18.0 Å². The molecule has 0 aliphatic rings. The van der Waals surface area contributed by atoms with Crippen LogP contribution in [0.3, 0.4) is 0 Å². The van der Waals surface area contributed by atoms with Crippen LogP contribution < -0.4 is 5.32 Å². The number of amides is 1. The van der Waals surface area contributed by atoms with Gasteiger partial charge < -0.3 is 5.32 Å². The Hall–Kier alpha value is -1.46. The van der Waals surface area contributed by atoms with Gasteiger partial charge in [0, 0.05) is 24.4 Å². The van der Waals surface area contributed by atoms with Crippen molar-refractivity contribution in [1.29, 1.82) is 0 Å². The van der Waals surface area contributed by atoms with Crippen LogP contribution in [-0.2, 0) is 5.88 Å². The zero-order chi connectivity index (χ0) is 11.8. The second kappa shape index (κ2) is 6.92. The standard InChI is InChI=1S/C13H14ClNO/c1-2-3-4-8-15-13(16)12-7-5-6-11(9-12)10-14/h1,5-7,9H,3-4,8,10H2,(H,15,16). The van der Waals surface area contributed by atoms with Crippen LogP contribution >= 0.6 is 11.6 Å². The molecule has 1 aromatic rings. The maximum Gasteiger partial charge on any atom is 0.251 e. The number of halogens is 1. The van der Waals surface area contributed by atoms with E-state index in [9.17, 15) is 4.79 Å². The van der Waals surface area contributed by atoms with Crippen molar-refractivity contribution < 1.29 is 4.79 Å². The number of alkyl halides is 1. The molecule has 0 heterocycles. The first-order chi connectivity index (χ1) is 7.77. The highest BCUT2D eigenvalue weighted by Gasteiger charge is 2.04. The van der Waals surface area contributed by atoms with Gasteiger partial charge in [0.15, 0.2) is 0 Å². The summed E-state index contributed by atoms with van der Waals surface area (Å²) >= 11 is 5.70. The third-order valence-electron chi connectivity index (χ3n) is 2.13. The normalized spacial score (nSPS) is 9.50. The Morgan fingerprint density at radius 3 is 3.00 bits per heavy atom. The van der Waals surface area contributed by atoms with Crippen LogP contribution in [0.15, 0.2) is 24.3 Å². The van der Waals surface area contributed by atoms with E-state index in [0.29, 0.717) is 24.4 Å². The first-order valence-corrected chi connectivity index (χ1v) is 5.68. The first kappa shape index (κ1) is 12.6. The summed E-state index contributed by atoms with van der Waals surface area (Å²) in [7, 11) is 0. The molecule has 0 saturated heterocycles. The highest BCUT2D eigenvalue weighted by Crippen LogP contribution is 2.07. The Kier molecular flexibility index (Phi) is 5.45. The number of hydrogen-bond donors (Lipinski definition) is 1. The molecule has 0 aliphatic carbocycles. The van der Waals surface area contributed by atoms with Gasteiger partial charge in [-0.3, -0.25) is 4.79 Å². The van der Waals surface area contributed by atoms with Crippen molar-refractivity contribution in [2.45, 2.75) is 18.7 Å². The summed E-state index contributed by atoms with van der Waals surface area (Å²) in [6, 6.07) is 7.28. The predicted molar refractivity (Wildman–Crippen MR) is 66.4 cm³/mol. The molecule has 2 nitrogen and oxygen atoms in total. The van der Waals surface area contributed by atoms with Crippen LogP contribution in [0, 0.1) is 12.3 Å². The summed E-state index contributed by atoms with van der Waals surface area (Å²) in [6.45, 7) is 0.605. The molecule has 0 aliphatic heterocycles. The summed E-state index contributed by atoms with van der Waals surface area (Å²) in [5, 5.41) is 2.81. The average Bonchev–Trinajstić information content (AvgIpc) is 2.34. The summed E-state index contributed by atoms with van der Waals surface area (Å²) in [5.41, 5.74) is 1.58. The third-order valence-corrected chi connectivity index (χ3v) is 2.44. The van der Waals surface area contributed by atoms with Crippen LogP contribution in [0.2, 0.25) is 0 Å². The van der Waals surface area contributed by atoms with Crippen LogP contribution in [0.4, 0.5) is 0 Å². The van der Waals surface area contributed by atoms with Crippen LogP contribution in [0.5, 0.6) is 0 Å². The Bertz CT molecular complexity index is 395. The number of carbonyl (C=O) groups excluding carboxylic acids is 1. The highest BCUT2D eigenvalue weighted by molar-refractivity contribution is 6.17. The molecule has 0 bridgehead atoms. The molecule has 84 valence electrons. The van der Waals surface area contributed by atoms with E-state index < -0.39 is 0 Å². The predicted octanol–water partition coefficient (Wildman–Crippen LogP) is 2.57. The maximum absolute atomic E-state index is 11.7. The van der Waals surface area contributed by atoms with Gasteiger partial charge in [-0.2, -0.15) is 0 Å². The van der Waals surface area contributed by atoms with Gasteiger partial charge in [0.1, 0.15) is 0 Å². The molecular formula is C13H14ClNO. The number of carbonyl (C=O) groups is 1. The maximum atomic E-state index is 11.7. The lowest BCUT2D eigenvalue weighted by atomic mass is 10.1. The monoisotopic (exact) mass is 235 g/mol. The topological polar surface area (TPSA) is 29.1 Å². The molecule has 0 saturated carbocycles. The Morgan fingerprint density at radius 2 is 2.31 bits per heavy atom. The van der Waals surface area contributed by atoms with Crippen LogP contribution in [-0.4, -0.2) is 12.5 Å². The van der Waals surface area contributed by atoms with E-state index >= 15 is 0 Å². The second-order valence-electron chi connectivity index (χ2n) is 3.40. The fourth-order valence-electron chi connectivity index (χ4n) is 1.29. The zero-order valence-corrected chi connectivity index (χ0v) is 9.76. The number of terminal acetylenes is 1. The summed E-state index contributed by atoms with van der Waals surface area (Å²) in [4.78, 5) is 11.7. The van der Waals surface area contributed by atoms with Crippen molar-refractivity contribution >= 4 is 17.5 Å². The van der Waals surface area contributed by atoms with Gasteiger partial charge in [0.05, 0.1) is 0 Å². The minimum Gasteiger partial charge on any atom is -0.352 e. The zero-order valence-electron chi connectivity index (χ0n) is 9.00. The number of hydrogen-bond acceptors (Lipinski definition) is 1. The molecule has 1 aromatic carbocycles. The molecule has 16 heavy (non-hydrogen) atoms. The molecule has 0 radical (unpaired) electrons. The van der Waals surface area contributed by atoms with E-state index in [0.717, 1.165) is 12.0 Å². The second-order valence-corrected chi connectivity index (χ2v) is 3.66. The SMILES string of the molecule is C#CCCCNC(=O)c1cccc(CCl)c1. The molecule has 1 N–H and O–H groups in total. The number of rotatable bonds is 5. The molecule has 3 heteroatoms. The molecule has 1 amide bonds. The molecular weight excluding hydrogens is 222 g/mol. The van der Waals surface area contributed by atoms with Crippen LogP contribution in [0.1, 0.15) is 28.8 Å². The third kappa shape index (κ3) is 3.96. The smallest absolute Gasteiger partial charge is 0.251 e. The molecule has 0 atom stereocenters. The minimum absolute atomic E-state index is 0.0796. The largest absolute Gasteiger partial charge is 0.352 e. The molecule has 0 spiro atoms. The van der Waals surface area contributed by atoms with Crippen molar-refractivity contribution in [3.63, 3.8) is 0 Å². The molecule has 1 rings (SSSR count). The number of unbranched alkanes of at least 4 members (excludes halogenated alkanes) is 1. The van der Waals surface area contributed by atoms with E-state index in [1.165, 1.54) is 0 Å². The van der Waals surface area contributed by atoms with Gasteiger partial charge in [-0.1, -0.05) is 12.1 Å². The fraction of sp³-hybridized carbons (Fsp3) is 0.308. The Morgan fingerprint density at radius 1 is 1.50 bits per heavy atom. The summed E-state index contributed by atoms with van der Waals surface area (Å²) < 4.78 is 0. The van der Waals surface area contributed by atoms with Crippen molar-refractivity contribution in [3.8, 4) is 12.3 Å². The first-order valence-electron chi connectivity index (χ1n) is 5.14. The molecule has 0 unspecified atom stereocenters. The number of benzene rings is 1. The van der Waals surface area contributed by atoms with Crippen molar-refractivity contribution in [2.75, 3.05) is 6.54 Å². The van der Waals surface area contributed by atoms with Crippen LogP contribution in [0.25, 0.3) is 0 Å². The fourth-order valence-corrected chi connectivity index (χ4v) is 1.46.